The summed E-state index contributed by atoms with van der Waals surface area (Å²) in [6.07, 6.45) is 0.898. The summed E-state index contributed by atoms with van der Waals surface area (Å²) < 4.78 is 0. The Morgan fingerprint density at radius 3 is 2.89 bits per heavy atom. The number of nitrogens with zero attached hydrogens (tertiary/aromatic N) is 2. The van der Waals surface area contributed by atoms with Crippen LogP contribution in [0, 0.1) is 6.92 Å². The van der Waals surface area contributed by atoms with Gasteiger partial charge < -0.3 is 15.3 Å². The van der Waals surface area contributed by atoms with E-state index < -0.39 is 0 Å². The molecule has 1 unspecified atom stereocenters. The number of carbonyl (C=O) groups excluding carboxylic acids is 1. The quantitative estimate of drug-likeness (QED) is 0.697. The molecule has 4 rings (SSSR count). The van der Waals surface area contributed by atoms with E-state index in [0.717, 1.165) is 52.6 Å². The average molecular weight is 394 g/mol. The summed E-state index contributed by atoms with van der Waals surface area (Å²) in [7, 11) is 0. The number of rotatable bonds is 4. The number of amides is 1. The number of nitrogens with one attached hydrogen (secondary N) is 1. The van der Waals surface area contributed by atoms with Gasteiger partial charge >= 0.3 is 0 Å². The van der Waals surface area contributed by atoms with Crippen LogP contribution in [0.5, 0.6) is 5.75 Å². The molecule has 1 amide bonds. The number of pyridine rings is 1. The zero-order valence-corrected chi connectivity index (χ0v) is 16.8. The fourth-order valence-electron chi connectivity index (χ4n) is 3.63. The van der Waals surface area contributed by atoms with Gasteiger partial charge in [-0.3, -0.25) is 4.79 Å². The summed E-state index contributed by atoms with van der Waals surface area (Å²) in [4.78, 5) is 19.6. The number of anilines is 1. The van der Waals surface area contributed by atoms with Gasteiger partial charge in [-0.1, -0.05) is 17.7 Å². The Morgan fingerprint density at radius 1 is 1.29 bits per heavy atom. The van der Waals surface area contributed by atoms with Gasteiger partial charge in [-0.25, -0.2) is 4.98 Å². The summed E-state index contributed by atoms with van der Waals surface area (Å²) in [5.41, 5.74) is 3.64. The van der Waals surface area contributed by atoms with Gasteiger partial charge in [-0.2, -0.15) is 0 Å². The van der Waals surface area contributed by atoms with Crippen molar-refractivity contribution in [3.05, 3.63) is 53.4 Å². The van der Waals surface area contributed by atoms with Gasteiger partial charge in [0.25, 0.3) is 0 Å². The van der Waals surface area contributed by atoms with Crippen LogP contribution in [0.1, 0.15) is 18.9 Å². The SMILES string of the molecule is CC(=O)NC1CCN(c2cc(-c3cccs3)cc(-c3cc(C)ccc3O)n2)C1. The first kappa shape index (κ1) is 18.5. The molecule has 3 aromatic rings. The zero-order valence-electron chi connectivity index (χ0n) is 16.0. The monoisotopic (exact) mass is 393 g/mol. The van der Waals surface area contributed by atoms with Crippen molar-refractivity contribution in [2.24, 2.45) is 0 Å². The van der Waals surface area contributed by atoms with Crippen LogP contribution in [-0.4, -0.2) is 35.1 Å². The summed E-state index contributed by atoms with van der Waals surface area (Å²) >= 11 is 1.68. The molecule has 1 aliphatic rings. The predicted octanol–water partition coefficient (Wildman–Crippen LogP) is 4.21. The molecule has 1 aliphatic heterocycles. The van der Waals surface area contributed by atoms with E-state index in [9.17, 15) is 9.90 Å². The molecule has 28 heavy (non-hydrogen) atoms. The lowest BCUT2D eigenvalue weighted by molar-refractivity contribution is -0.119. The molecule has 0 spiro atoms. The van der Waals surface area contributed by atoms with Crippen molar-refractivity contribution in [2.75, 3.05) is 18.0 Å². The molecule has 0 aliphatic carbocycles. The highest BCUT2D eigenvalue weighted by atomic mass is 32.1. The second-order valence-electron chi connectivity index (χ2n) is 7.23. The Labute approximate surface area is 168 Å². The molecule has 0 bridgehead atoms. The van der Waals surface area contributed by atoms with E-state index in [0.29, 0.717) is 0 Å². The molecule has 144 valence electrons. The summed E-state index contributed by atoms with van der Waals surface area (Å²) in [5, 5.41) is 15.5. The van der Waals surface area contributed by atoms with E-state index >= 15 is 0 Å². The third kappa shape index (κ3) is 3.87. The van der Waals surface area contributed by atoms with Crippen LogP contribution in [0.15, 0.2) is 47.8 Å². The predicted molar refractivity (Wildman–Crippen MR) is 114 cm³/mol. The normalized spacial score (nSPS) is 16.4. The van der Waals surface area contributed by atoms with E-state index in [1.54, 1.807) is 24.3 Å². The first-order valence-corrected chi connectivity index (χ1v) is 10.3. The lowest BCUT2D eigenvalue weighted by Gasteiger charge is -2.20. The number of thiophene rings is 1. The van der Waals surface area contributed by atoms with E-state index in [1.807, 2.05) is 31.2 Å². The van der Waals surface area contributed by atoms with Crippen molar-refractivity contribution < 1.29 is 9.90 Å². The summed E-state index contributed by atoms with van der Waals surface area (Å²) in [6, 6.07) is 14.0. The summed E-state index contributed by atoms with van der Waals surface area (Å²) in [6.45, 7) is 5.13. The number of phenols is 1. The van der Waals surface area contributed by atoms with Gasteiger partial charge in [0.1, 0.15) is 11.6 Å². The molecular weight excluding hydrogens is 370 g/mol. The Hall–Kier alpha value is -2.86. The van der Waals surface area contributed by atoms with Gasteiger partial charge in [-0.15, -0.1) is 11.3 Å². The number of hydrogen-bond donors (Lipinski definition) is 2. The van der Waals surface area contributed by atoms with Crippen LogP contribution in [-0.2, 0) is 4.79 Å². The van der Waals surface area contributed by atoms with Crippen LogP contribution in [0.2, 0.25) is 0 Å². The second-order valence-corrected chi connectivity index (χ2v) is 8.18. The highest BCUT2D eigenvalue weighted by Crippen LogP contribution is 2.35. The third-order valence-electron chi connectivity index (χ3n) is 4.97. The third-order valence-corrected chi connectivity index (χ3v) is 5.88. The van der Waals surface area contributed by atoms with Gasteiger partial charge in [0.15, 0.2) is 0 Å². The van der Waals surface area contributed by atoms with Crippen LogP contribution >= 0.6 is 11.3 Å². The van der Waals surface area contributed by atoms with E-state index in [4.69, 9.17) is 4.98 Å². The fourth-order valence-corrected chi connectivity index (χ4v) is 4.34. The molecule has 1 aromatic carbocycles. The van der Waals surface area contributed by atoms with Crippen molar-refractivity contribution in [3.8, 4) is 27.4 Å². The maximum atomic E-state index is 11.4. The lowest BCUT2D eigenvalue weighted by atomic mass is 10.0. The highest BCUT2D eigenvalue weighted by molar-refractivity contribution is 7.13. The lowest BCUT2D eigenvalue weighted by Crippen LogP contribution is -2.35. The molecule has 1 fully saturated rings. The largest absolute Gasteiger partial charge is 0.507 e. The number of phenolic OH excluding ortho intramolecular Hbond substituents is 1. The molecule has 3 heterocycles. The molecule has 2 aromatic heterocycles. The minimum Gasteiger partial charge on any atom is -0.507 e. The van der Waals surface area contributed by atoms with Crippen molar-refractivity contribution in [3.63, 3.8) is 0 Å². The van der Waals surface area contributed by atoms with Crippen molar-refractivity contribution in [1.82, 2.24) is 10.3 Å². The minimum absolute atomic E-state index is 0.00230. The smallest absolute Gasteiger partial charge is 0.217 e. The Morgan fingerprint density at radius 2 is 2.14 bits per heavy atom. The van der Waals surface area contributed by atoms with E-state index in [-0.39, 0.29) is 17.7 Å². The van der Waals surface area contributed by atoms with Crippen molar-refractivity contribution in [2.45, 2.75) is 26.3 Å². The molecule has 1 atom stereocenters. The molecule has 5 nitrogen and oxygen atoms in total. The van der Waals surface area contributed by atoms with Gasteiger partial charge in [0, 0.05) is 36.5 Å². The molecule has 6 heteroatoms. The second kappa shape index (κ2) is 7.64. The minimum atomic E-state index is -0.00230. The number of aryl methyl sites for hydroxylation is 1. The molecule has 2 N–H and O–H groups in total. The summed E-state index contributed by atoms with van der Waals surface area (Å²) in [5.74, 6) is 1.09. The van der Waals surface area contributed by atoms with Gasteiger partial charge in [-0.05, 0) is 54.6 Å². The fraction of sp³-hybridized carbons (Fsp3) is 0.273. The maximum Gasteiger partial charge on any atom is 0.217 e. The van der Waals surface area contributed by atoms with E-state index in [2.05, 4.69) is 27.7 Å². The highest BCUT2D eigenvalue weighted by Gasteiger charge is 2.25. The maximum absolute atomic E-state index is 11.4. The Kier molecular flexibility index (Phi) is 5.05. The van der Waals surface area contributed by atoms with Gasteiger partial charge in [0.05, 0.1) is 5.69 Å². The van der Waals surface area contributed by atoms with Crippen molar-refractivity contribution in [1.29, 1.82) is 0 Å². The number of aromatic hydroxyl groups is 1. The van der Waals surface area contributed by atoms with Crippen LogP contribution in [0.4, 0.5) is 5.82 Å². The number of benzene rings is 1. The zero-order chi connectivity index (χ0) is 19.7. The van der Waals surface area contributed by atoms with Crippen LogP contribution in [0.25, 0.3) is 21.7 Å². The standard InChI is InChI=1S/C22H23N3O2S/c1-14-5-6-20(27)18(10-14)19-11-16(21-4-3-9-28-21)12-22(24-19)25-8-7-17(13-25)23-15(2)26/h3-6,9-12,17,27H,7-8,13H2,1-2H3,(H,23,26). The molecule has 0 radical (unpaired) electrons. The Bertz CT molecular complexity index is 1000. The molecule has 1 saturated heterocycles. The topological polar surface area (TPSA) is 65.5 Å². The van der Waals surface area contributed by atoms with Crippen LogP contribution < -0.4 is 10.2 Å². The average Bonchev–Trinajstić information content (AvgIpc) is 3.35. The number of hydrogen-bond acceptors (Lipinski definition) is 5. The van der Waals surface area contributed by atoms with Gasteiger partial charge in [0.2, 0.25) is 5.91 Å². The van der Waals surface area contributed by atoms with Crippen LogP contribution in [0.3, 0.4) is 0 Å². The van der Waals surface area contributed by atoms with Crippen molar-refractivity contribution >= 4 is 23.1 Å². The first-order chi connectivity index (χ1) is 13.5. The Balaban J connectivity index is 1.75. The number of carbonyl (C=O) groups is 1. The molecule has 0 saturated carbocycles. The number of aromatic nitrogens is 1. The first-order valence-electron chi connectivity index (χ1n) is 9.37. The molecular formula is C22H23N3O2S. The van der Waals surface area contributed by atoms with E-state index in [1.165, 1.54) is 0 Å².